The molecule has 1 saturated carbocycles. The minimum Gasteiger partial charge on any atom is -0.483 e. The molecule has 0 bridgehead atoms. The smallest absolute Gasteiger partial charge is 0.422 e. The molecule has 1 fully saturated rings. The molecule has 3 rings (SSSR count). The number of nitrogens with one attached hydrogen (secondary N) is 1. The highest BCUT2D eigenvalue weighted by Gasteiger charge is 2.45. The van der Waals surface area contributed by atoms with Gasteiger partial charge in [0.2, 0.25) is 5.91 Å². The molecule has 0 saturated heterocycles. The van der Waals surface area contributed by atoms with Gasteiger partial charge in [0.1, 0.15) is 11.6 Å². The molecule has 3 atom stereocenters. The SMILES string of the molecule is C[C@H](NC(=O)[C@H]1C[C@@H]1c1ccc(F)cc1Cl)c1ccc(OCC(F)(F)F)cn1. The maximum absolute atomic E-state index is 13.1. The van der Waals surface area contributed by atoms with E-state index in [1.165, 1.54) is 30.5 Å². The maximum Gasteiger partial charge on any atom is 0.422 e. The number of carbonyl (C=O) groups excluding carboxylic acids is 1. The first-order valence-electron chi connectivity index (χ1n) is 8.55. The zero-order chi connectivity index (χ0) is 20.5. The van der Waals surface area contributed by atoms with E-state index in [-0.39, 0.29) is 23.5 Å². The predicted molar refractivity (Wildman–Crippen MR) is 94.6 cm³/mol. The van der Waals surface area contributed by atoms with Crippen LogP contribution in [0.1, 0.15) is 36.6 Å². The van der Waals surface area contributed by atoms with Gasteiger partial charge < -0.3 is 10.1 Å². The Morgan fingerprint density at radius 2 is 2.11 bits per heavy atom. The van der Waals surface area contributed by atoms with E-state index >= 15 is 0 Å². The van der Waals surface area contributed by atoms with Crippen molar-refractivity contribution in [1.82, 2.24) is 10.3 Å². The van der Waals surface area contributed by atoms with Gasteiger partial charge in [-0.05, 0) is 49.1 Å². The Hall–Kier alpha value is -2.35. The number of aromatic nitrogens is 1. The van der Waals surface area contributed by atoms with Crippen molar-refractivity contribution in [2.45, 2.75) is 31.5 Å². The van der Waals surface area contributed by atoms with Gasteiger partial charge in [0, 0.05) is 10.9 Å². The first-order valence-corrected chi connectivity index (χ1v) is 8.92. The Balaban J connectivity index is 1.55. The number of benzene rings is 1. The van der Waals surface area contributed by atoms with Crippen LogP contribution in [0.4, 0.5) is 17.6 Å². The van der Waals surface area contributed by atoms with Gasteiger partial charge in [-0.3, -0.25) is 9.78 Å². The van der Waals surface area contributed by atoms with Gasteiger partial charge in [0.15, 0.2) is 6.61 Å². The number of ether oxygens (including phenoxy) is 1. The fourth-order valence-electron chi connectivity index (χ4n) is 2.92. The van der Waals surface area contributed by atoms with Crippen molar-refractivity contribution < 1.29 is 27.1 Å². The monoisotopic (exact) mass is 416 g/mol. The largest absolute Gasteiger partial charge is 0.483 e. The van der Waals surface area contributed by atoms with Crippen molar-refractivity contribution in [2.24, 2.45) is 5.92 Å². The summed E-state index contributed by atoms with van der Waals surface area (Å²) in [5.74, 6) is -0.950. The first kappa shape index (κ1) is 20.4. The average Bonchev–Trinajstić information content (AvgIpc) is 3.40. The number of pyridine rings is 1. The standard InChI is InChI=1S/C19H17ClF4N2O2/c1-10(17-5-3-12(8-25-17)28-9-19(22,23)24)26-18(27)15-7-14(15)13-4-2-11(21)6-16(13)20/h2-6,8,10,14-15H,7,9H2,1H3,(H,26,27)/t10-,14+,15-/m0/s1. The second-order valence-corrected chi connectivity index (χ2v) is 7.07. The van der Waals surface area contributed by atoms with Crippen LogP contribution >= 0.6 is 11.6 Å². The van der Waals surface area contributed by atoms with Crippen LogP contribution < -0.4 is 10.1 Å². The molecule has 1 aliphatic carbocycles. The number of hydrogen-bond acceptors (Lipinski definition) is 3. The fourth-order valence-corrected chi connectivity index (χ4v) is 3.23. The van der Waals surface area contributed by atoms with Gasteiger partial charge in [0.05, 0.1) is 17.9 Å². The molecule has 150 valence electrons. The topological polar surface area (TPSA) is 51.2 Å². The molecule has 1 amide bonds. The summed E-state index contributed by atoms with van der Waals surface area (Å²) in [6.45, 7) is 0.327. The summed E-state index contributed by atoms with van der Waals surface area (Å²) >= 11 is 6.04. The molecule has 4 nitrogen and oxygen atoms in total. The highest BCUT2D eigenvalue weighted by Crippen LogP contribution is 2.50. The van der Waals surface area contributed by atoms with E-state index in [0.29, 0.717) is 17.1 Å². The average molecular weight is 417 g/mol. The lowest BCUT2D eigenvalue weighted by atomic mass is 10.1. The number of amides is 1. The van der Waals surface area contributed by atoms with Crippen LogP contribution in [0.25, 0.3) is 0 Å². The predicted octanol–water partition coefficient (Wildman–Crippen LogP) is 4.80. The summed E-state index contributed by atoms with van der Waals surface area (Å²) in [7, 11) is 0. The number of halogens is 5. The van der Waals surface area contributed by atoms with Crippen molar-refractivity contribution in [2.75, 3.05) is 6.61 Å². The summed E-state index contributed by atoms with van der Waals surface area (Å²) in [6.07, 6.45) is -2.63. The van der Waals surface area contributed by atoms with Crippen LogP contribution in [0, 0.1) is 11.7 Å². The van der Waals surface area contributed by atoms with E-state index in [9.17, 15) is 22.4 Å². The third kappa shape index (κ3) is 5.13. The maximum atomic E-state index is 13.1. The molecule has 0 spiro atoms. The van der Waals surface area contributed by atoms with Crippen LogP contribution in [0.5, 0.6) is 5.75 Å². The Bertz CT molecular complexity index is 858. The van der Waals surface area contributed by atoms with Crippen molar-refractivity contribution in [3.8, 4) is 5.75 Å². The number of carbonyl (C=O) groups is 1. The molecule has 1 aromatic heterocycles. The van der Waals surface area contributed by atoms with E-state index < -0.39 is 24.6 Å². The number of alkyl halides is 3. The molecule has 1 aromatic carbocycles. The Kier molecular flexibility index (Phi) is 5.79. The van der Waals surface area contributed by atoms with Gasteiger partial charge in [0.25, 0.3) is 0 Å². The van der Waals surface area contributed by atoms with E-state index in [2.05, 4.69) is 15.0 Å². The lowest BCUT2D eigenvalue weighted by molar-refractivity contribution is -0.153. The second kappa shape index (κ2) is 7.95. The van der Waals surface area contributed by atoms with Crippen LogP contribution in [-0.4, -0.2) is 23.7 Å². The third-order valence-corrected chi connectivity index (χ3v) is 4.78. The molecule has 2 aromatic rings. The van der Waals surface area contributed by atoms with Crippen molar-refractivity contribution in [3.05, 3.63) is 58.6 Å². The number of hydrogen-bond donors (Lipinski definition) is 1. The van der Waals surface area contributed by atoms with Crippen molar-refractivity contribution >= 4 is 17.5 Å². The molecular weight excluding hydrogens is 400 g/mol. The zero-order valence-corrected chi connectivity index (χ0v) is 15.5. The van der Waals surface area contributed by atoms with Gasteiger partial charge >= 0.3 is 6.18 Å². The van der Waals surface area contributed by atoms with E-state index in [1.807, 2.05) is 0 Å². The summed E-state index contributed by atoms with van der Waals surface area (Å²) in [5, 5.41) is 3.12. The molecule has 9 heteroatoms. The molecule has 0 radical (unpaired) electrons. The number of nitrogens with zero attached hydrogens (tertiary/aromatic N) is 1. The molecule has 0 aliphatic heterocycles. The summed E-state index contributed by atoms with van der Waals surface area (Å²) < 4.78 is 54.2. The van der Waals surface area contributed by atoms with Crippen LogP contribution in [0.15, 0.2) is 36.5 Å². The molecule has 28 heavy (non-hydrogen) atoms. The molecule has 1 N–H and O–H groups in total. The second-order valence-electron chi connectivity index (χ2n) is 6.67. The fraction of sp³-hybridized carbons (Fsp3) is 0.368. The normalized spacial score (nSPS) is 19.8. The van der Waals surface area contributed by atoms with Crippen LogP contribution in [0.3, 0.4) is 0 Å². The first-order chi connectivity index (χ1) is 13.1. The number of rotatable bonds is 6. The van der Waals surface area contributed by atoms with Gasteiger partial charge in [-0.2, -0.15) is 13.2 Å². The molecule has 0 unspecified atom stereocenters. The minimum absolute atomic E-state index is 0.00666. The highest BCUT2D eigenvalue weighted by atomic mass is 35.5. The van der Waals surface area contributed by atoms with E-state index in [0.717, 1.165) is 5.56 Å². The van der Waals surface area contributed by atoms with Gasteiger partial charge in [-0.1, -0.05) is 17.7 Å². The zero-order valence-electron chi connectivity index (χ0n) is 14.8. The van der Waals surface area contributed by atoms with Gasteiger partial charge in [-0.15, -0.1) is 0 Å². The Morgan fingerprint density at radius 1 is 1.36 bits per heavy atom. The van der Waals surface area contributed by atoms with Crippen molar-refractivity contribution in [3.63, 3.8) is 0 Å². The highest BCUT2D eigenvalue weighted by molar-refractivity contribution is 6.31. The lowest BCUT2D eigenvalue weighted by Crippen LogP contribution is -2.29. The third-order valence-electron chi connectivity index (χ3n) is 4.45. The Morgan fingerprint density at radius 3 is 2.71 bits per heavy atom. The van der Waals surface area contributed by atoms with Gasteiger partial charge in [-0.25, -0.2) is 4.39 Å². The quantitative estimate of drug-likeness (QED) is 0.688. The van der Waals surface area contributed by atoms with E-state index in [1.54, 1.807) is 13.0 Å². The minimum atomic E-state index is -4.42. The van der Waals surface area contributed by atoms with Crippen LogP contribution in [0.2, 0.25) is 5.02 Å². The molecule has 1 aliphatic rings. The molecule has 1 heterocycles. The Labute approximate surface area is 163 Å². The van der Waals surface area contributed by atoms with Crippen molar-refractivity contribution in [1.29, 1.82) is 0 Å². The molecular formula is C19H17ClF4N2O2. The summed E-state index contributed by atoms with van der Waals surface area (Å²) in [6, 6.07) is 6.55. The summed E-state index contributed by atoms with van der Waals surface area (Å²) in [4.78, 5) is 16.5. The van der Waals surface area contributed by atoms with Crippen LogP contribution in [-0.2, 0) is 4.79 Å². The lowest BCUT2D eigenvalue weighted by Gasteiger charge is -2.14. The summed E-state index contributed by atoms with van der Waals surface area (Å²) in [5.41, 5.74) is 1.23. The van der Waals surface area contributed by atoms with E-state index in [4.69, 9.17) is 11.6 Å².